The van der Waals surface area contributed by atoms with Crippen LogP contribution in [0.15, 0.2) is 17.1 Å². The van der Waals surface area contributed by atoms with Crippen LogP contribution in [0.25, 0.3) is 0 Å². The molecule has 0 atom stereocenters. The molecule has 5 heteroatoms. The van der Waals surface area contributed by atoms with E-state index >= 15 is 0 Å². The summed E-state index contributed by atoms with van der Waals surface area (Å²) in [4.78, 5) is 15.0. The molecule has 0 spiro atoms. The van der Waals surface area contributed by atoms with Gasteiger partial charge >= 0.3 is 0 Å². The molecule has 0 N–H and O–H groups in total. The number of unbranched alkanes of at least 4 members (excludes halogenated alkanes) is 15. The minimum absolute atomic E-state index is 0.00622. The highest BCUT2D eigenvalue weighted by molar-refractivity contribution is 5.22. The maximum atomic E-state index is 12.9. The minimum Gasteiger partial charge on any atom is -0.488 e. The van der Waals surface area contributed by atoms with Gasteiger partial charge in [-0.25, -0.2) is 0 Å². The van der Waals surface area contributed by atoms with Crippen LogP contribution in [0.5, 0.6) is 5.75 Å². The van der Waals surface area contributed by atoms with Gasteiger partial charge in [-0.1, -0.05) is 122 Å². The monoisotopic (exact) mass is 575 g/mol. The second-order valence-corrected chi connectivity index (χ2v) is 13.0. The Kier molecular flexibility index (Phi) is 21.1. The van der Waals surface area contributed by atoms with E-state index in [2.05, 4.69) is 30.5 Å². The third-order valence-electron chi connectivity index (χ3n) is 8.76. The van der Waals surface area contributed by atoms with Crippen LogP contribution in [0.4, 0.5) is 0 Å². The quantitative estimate of drug-likeness (QED) is 0.103. The molecule has 1 aliphatic carbocycles. The highest BCUT2D eigenvalue weighted by Crippen LogP contribution is 2.26. The van der Waals surface area contributed by atoms with Crippen molar-refractivity contribution < 1.29 is 9.47 Å². The predicted molar refractivity (Wildman–Crippen MR) is 175 cm³/mol. The van der Waals surface area contributed by atoms with Gasteiger partial charge < -0.3 is 18.9 Å². The van der Waals surface area contributed by atoms with Gasteiger partial charge in [-0.3, -0.25) is 4.79 Å². The number of nitrogens with zero attached hydrogens (tertiary/aromatic N) is 2. The summed E-state index contributed by atoms with van der Waals surface area (Å²) in [6, 6.07) is 1.76. The standard InChI is InChI=1S/C36H66N2O3/c1-4-5-6-7-8-9-10-11-12-13-14-15-16-17-18-22-28-41-36-31-38(30-33-24-20-19-21-25-33)34(29-35(36)39)32-40-27-23-26-37(2)3/h29,31,33H,4-28,30,32H2,1-3H3. The first-order valence-corrected chi connectivity index (χ1v) is 17.7. The van der Waals surface area contributed by atoms with E-state index < -0.39 is 0 Å². The normalized spacial score (nSPS) is 14.2. The molecule has 0 amide bonds. The highest BCUT2D eigenvalue weighted by atomic mass is 16.5. The second kappa shape index (κ2) is 24.1. The molecule has 0 bridgehead atoms. The molecule has 2 rings (SSSR count). The fourth-order valence-corrected chi connectivity index (χ4v) is 6.14. The first-order valence-electron chi connectivity index (χ1n) is 17.7. The van der Waals surface area contributed by atoms with E-state index in [9.17, 15) is 4.79 Å². The van der Waals surface area contributed by atoms with E-state index in [1.54, 1.807) is 6.07 Å². The van der Waals surface area contributed by atoms with Crippen LogP contribution < -0.4 is 10.2 Å². The summed E-state index contributed by atoms with van der Waals surface area (Å²) in [5.74, 6) is 1.20. The summed E-state index contributed by atoms with van der Waals surface area (Å²) in [5.41, 5.74) is 0.980. The zero-order valence-corrected chi connectivity index (χ0v) is 27.4. The van der Waals surface area contributed by atoms with Gasteiger partial charge in [0, 0.05) is 24.9 Å². The van der Waals surface area contributed by atoms with Crippen molar-refractivity contribution in [3.8, 4) is 5.75 Å². The van der Waals surface area contributed by atoms with E-state index in [-0.39, 0.29) is 5.43 Å². The number of rotatable bonds is 26. The third kappa shape index (κ3) is 18.1. The summed E-state index contributed by atoms with van der Waals surface area (Å²) in [6.45, 7) is 6.12. The SMILES string of the molecule is CCCCCCCCCCCCCCCCCCOc1cn(CC2CCCCC2)c(COCCCN(C)C)cc1=O. The van der Waals surface area contributed by atoms with Gasteiger partial charge in [0.15, 0.2) is 5.75 Å². The smallest absolute Gasteiger partial charge is 0.223 e. The van der Waals surface area contributed by atoms with Crippen molar-refractivity contribution in [3.63, 3.8) is 0 Å². The lowest BCUT2D eigenvalue weighted by Crippen LogP contribution is -2.21. The summed E-state index contributed by atoms with van der Waals surface area (Å²) >= 11 is 0. The maximum Gasteiger partial charge on any atom is 0.223 e. The fourth-order valence-electron chi connectivity index (χ4n) is 6.14. The van der Waals surface area contributed by atoms with Crippen molar-refractivity contribution >= 4 is 0 Å². The van der Waals surface area contributed by atoms with Crippen LogP contribution in [-0.4, -0.2) is 43.3 Å². The van der Waals surface area contributed by atoms with Gasteiger partial charge in [-0.2, -0.15) is 0 Å². The summed E-state index contributed by atoms with van der Waals surface area (Å²) < 4.78 is 14.3. The summed E-state index contributed by atoms with van der Waals surface area (Å²) in [5, 5.41) is 0. The number of hydrogen-bond acceptors (Lipinski definition) is 4. The second-order valence-electron chi connectivity index (χ2n) is 13.0. The third-order valence-corrected chi connectivity index (χ3v) is 8.76. The molecule has 0 aliphatic heterocycles. The molecular formula is C36H66N2O3. The Morgan fingerprint density at radius 3 is 1.88 bits per heavy atom. The molecule has 238 valence electrons. The van der Waals surface area contributed by atoms with E-state index in [1.807, 2.05) is 6.20 Å². The lowest BCUT2D eigenvalue weighted by atomic mass is 9.89. The Morgan fingerprint density at radius 2 is 1.32 bits per heavy atom. The number of aromatic nitrogens is 1. The van der Waals surface area contributed by atoms with Crippen LogP contribution in [0.1, 0.15) is 154 Å². The molecule has 1 aromatic rings. The van der Waals surface area contributed by atoms with Gasteiger partial charge in [0.25, 0.3) is 0 Å². The first-order chi connectivity index (χ1) is 20.1. The average Bonchev–Trinajstić information content (AvgIpc) is 2.96. The van der Waals surface area contributed by atoms with Crippen LogP contribution in [0.3, 0.4) is 0 Å². The zero-order valence-electron chi connectivity index (χ0n) is 27.4. The van der Waals surface area contributed by atoms with Gasteiger partial charge in [0.1, 0.15) is 0 Å². The van der Waals surface area contributed by atoms with Gasteiger partial charge in [0.2, 0.25) is 5.43 Å². The van der Waals surface area contributed by atoms with Gasteiger partial charge in [-0.15, -0.1) is 0 Å². The van der Waals surface area contributed by atoms with Crippen LogP contribution in [-0.2, 0) is 17.9 Å². The fraction of sp³-hybridized carbons (Fsp3) is 0.861. The molecule has 0 unspecified atom stereocenters. The first kappa shape index (κ1) is 35.9. The summed E-state index contributed by atoms with van der Waals surface area (Å²) in [7, 11) is 4.17. The van der Waals surface area contributed by atoms with Crippen molar-refractivity contribution in [1.29, 1.82) is 0 Å². The van der Waals surface area contributed by atoms with Crippen LogP contribution in [0, 0.1) is 5.92 Å². The number of hydrogen-bond donors (Lipinski definition) is 0. The van der Waals surface area contributed by atoms with Crippen molar-refractivity contribution in [2.24, 2.45) is 5.92 Å². The predicted octanol–water partition coefficient (Wildman–Crippen LogP) is 9.54. The topological polar surface area (TPSA) is 43.7 Å². The molecule has 1 fully saturated rings. The van der Waals surface area contributed by atoms with Gasteiger partial charge in [-0.05, 0) is 52.2 Å². The van der Waals surface area contributed by atoms with Crippen molar-refractivity contribution in [2.75, 3.05) is 33.9 Å². The molecule has 1 heterocycles. The Labute approximate surface area is 253 Å². The molecule has 0 saturated heterocycles. The Morgan fingerprint density at radius 1 is 0.756 bits per heavy atom. The summed E-state index contributed by atoms with van der Waals surface area (Å²) in [6.07, 6.45) is 31.3. The average molecular weight is 575 g/mol. The Balaban J connectivity index is 1.61. The Hall–Kier alpha value is -1.33. The molecule has 1 saturated carbocycles. The zero-order chi connectivity index (χ0) is 29.4. The lowest BCUT2D eigenvalue weighted by Gasteiger charge is -2.25. The van der Waals surface area contributed by atoms with Crippen LogP contribution in [0.2, 0.25) is 0 Å². The van der Waals surface area contributed by atoms with Crippen molar-refractivity contribution in [2.45, 2.75) is 161 Å². The molecule has 1 aliphatic rings. The number of pyridine rings is 1. The van der Waals surface area contributed by atoms with Crippen LogP contribution >= 0.6 is 0 Å². The van der Waals surface area contributed by atoms with E-state index in [0.717, 1.165) is 31.6 Å². The maximum absolute atomic E-state index is 12.9. The molecule has 0 aromatic carbocycles. The molecular weight excluding hydrogens is 508 g/mol. The molecule has 41 heavy (non-hydrogen) atoms. The van der Waals surface area contributed by atoms with Gasteiger partial charge in [0.05, 0.1) is 19.4 Å². The highest BCUT2D eigenvalue weighted by Gasteiger charge is 2.16. The lowest BCUT2D eigenvalue weighted by molar-refractivity contribution is 0.106. The minimum atomic E-state index is -0.00622. The van der Waals surface area contributed by atoms with Crippen molar-refractivity contribution in [3.05, 3.63) is 28.2 Å². The molecule has 0 radical (unpaired) electrons. The Bertz CT molecular complexity index is 801. The largest absolute Gasteiger partial charge is 0.488 e. The van der Waals surface area contributed by atoms with Crippen molar-refractivity contribution in [1.82, 2.24) is 9.47 Å². The molecule has 5 nitrogen and oxygen atoms in total. The van der Waals surface area contributed by atoms with E-state index in [0.29, 0.717) is 31.5 Å². The van der Waals surface area contributed by atoms with E-state index in [1.165, 1.54) is 128 Å². The number of ether oxygens (including phenoxy) is 2. The van der Waals surface area contributed by atoms with E-state index in [4.69, 9.17) is 9.47 Å². The molecule has 1 aromatic heterocycles.